The molecule has 0 saturated heterocycles. The zero-order chi connectivity index (χ0) is 16.8. The maximum absolute atomic E-state index is 11.4. The van der Waals surface area contributed by atoms with Crippen molar-refractivity contribution in [3.8, 4) is 11.6 Å². The fourth-order valence-corrected chi connectivity index (χ4v) is 4.08. The van der Waals surface area contributed by atoms with Crippen molar-refractivity contribution in [2.24, 2.45) is 0 Å². The Morgan fingerprint density at radius 2 is 1.25 bits per heavy atom. The summed E-state index contributed by atoms with van der Waals surface area (Å²) in [5.74, 6) is 3.35. The van der Waals surface area contributed by atoms with Crippen molar-refractivity contribution < 1.29 is 4.79 Å². The summed E-state index contributed by atoms with van der Waals surface area (Å²) in [6, 6.07) is 28.3. The van der Waals surface area contributed by atoms with Crippen LogP contribution in [0.2, 0.25) is 0 Å². The van der Waals surface area contributed by atoms with Gasteiger partial charge in [0.1, 0.15) is 0 Å². The molecule has 0 N–H and O–H groups in total. The van der Waals surface area contributed by atoms with Crippen LogP contribution in [0.4, 0.5) is 0 Å². The fourth-order valence-electron chi connectivity index (χ4n) is 2.34. The Morgan fingerprint density at radius 1 is 0.750 bits per heavy atom. The van der Waals surface area contributed by atoms with Crippen molar-refractivity contribution in [3.63, 3.8) is 0 Å². The summed E-state index contributed by atoms with van der Waals surface area (Å²) in [5.41, 5.74) is 5.09. The highest BCUT2D eigenvalue weighted by Crippen LogP contribution is 2.31. The molecular weight excluding hydrogens is 311 g/mol. The fraction of sp³-hybridized carbons (Fsp3) is 0.0455. The highest BCUT2D eigenvalue weighted by molar-refractivity contribution is 7.77. The van der Waals surface area contributed by atoms with E-state index in [-0.39, 0.29) is 5.78 Å². The van der Waals surface area contributed by atoms with Gasteiger partial charge in [0.25, 0.3) is 0 Å². The van der Waals surface area contributed by atoms with Crippen molar-refractivity contribution in [1.29, 1.82) is 0 Å². The zero-order valence-corrected chi connectivity index (χ0v) is 14.3. The molecule has 0 aliphatic carbocycles. The molecule has 3 rings (SSSR count). The highest BCUT2D eigenvalue weighted by atomic mass is 31.1. The van der Waals surface area contributed by atoms with Crippen LogP contribution in [0.15, 0.2) is 84.9 Å². The average molecular weight is 328 g/mol. The number of benzene rings is 3. The van der Waals surface area contributed by atoms with E-state index in [0.29, 0.717) is 5.56 Å². The summed E-state index contributed by atoms with van der Waals surface area (Å²) in [6.45, 7) is 1.57. The molecule has 116 valence electrons. The van der Waals surface area contributed by atoms with E-state index in [4.69, 9.17) is 0 Å². The Morgan fingerprint density at radius 3 is 1.71 bits per heavy atom. The molecule has 0 atom stereocenters. The van der Waals surface area contributed by atoms with Crippen molar-refractivity contribution in [2.45, 2.75) is 6.92 Å². The van der Waals surface area contributed by atoms with E-state index in [9.17, 15) is 4.79 Å². The number of carbonyl (C=O) groups excluding carboxylic acids is 1. The van der Waals surface area contributed by atoms with Crippen LogP contribution in [-0.4, -0.2) is 5.78 Å². The Labute approximate surface area is 144 Å². The molecule has 2 heteroatoms. The van der Waals surface area contributed by atoms with Crippen LogP contribution in [0.25, 0.3) is 0 Å². The minimum Gasteiger partial charge on any atom is -0.295 e. The number of rotatable bonds is 3. The lowest BCUT2D eigenvalue weighted by atomic mass is 10.1. The second-order valence-corrected chi connectivity index (χ2v) is 7.30. The smallest absolute Gasteiger partial charge is 0.159 e. The van der Waals surface area contributed by atoms with Gasteiger partial charge in [-0.2, -0.15) is 0 Å². The molecule has 0 aromatic heterocycles. The van der Waals surface area contributed by atoms with Gasteiger partial charge in [0.15, 0.2) is 5.78 Å². The largest absolute Gasteiger partial charge is 0.295 e. The molecule has 0 radical (unpaired) electrons. The first kappa shape index (κ1) is 16.2. The summed E-state index contributed by atoms with van der Waals surface area (Å²) in [7, 11) is -0.723. The van der Waals surface area contributed by atoms with Crippen LogP contribution in [0.5, 0.6) is 0 Å². The molecule has 0 spiro atoms. The average Bonchev–Trinajstić information content (AvgIpc) is 2.64. The van der Waals surface area contributed by atoms with Gasteiger partial charge < -0.3 is 0 Å². The number of carbonyl (C=O) groups is 1. The van der Waals surface area contributed by atoms with Gasteiger partial charge in [-0.05, 0) is 29.7 Å². The molecule has 0 fully saturated rings. The minimum absolute atomic E-state index is 0.0744. The van der Waals surface area contributed by atoms with Gasteiger partial charge in [0.05, 0.1) is 0 Å². The van der Waals surface area contributed by atoms with Gasteiger partial charge in [-0.25, -0.2) is 0 Å². The first-order valence-electron chi connectivity index (χ1n) is 7.77. The Kier molecular flexibility index (Phi) is 5.22. The summed E-state index contributed by atoms with van der Waals surface area (Å²) < 4.78 is 0. The van der Waals surface area contributed by atoms with Crippen molar-refractivity contribution >= 4 is 24.3 Å². The molecule has 0 bridgehead atoms. The van der Waals surface area contributed by atoms with Gasteiger partial charge >= 0.3 is 0 Å². The highest BCUT2D eigenvalue weighted by Gasteiger charge is 2.10. The van der Waals surface area contributed by atoms with E-state index in [1.807, 2.05) is 36.4 Å². The zero-order valence-electron chi connectivity index (χ0n) is 13.4. The summed E-state index contributed by atoms with van der Waals surface area (Å²) >= 11 is 0. The number of hydrogen-bond donors (Lipinski definition) is 0. The second-order valence-electron chi connectivity index (χ2n) is 5.38. The molecule has 0 aliphatic rings. The third kappa shape index (κ3) is 3.99. The maximum Gasteiger partial charge on any atom is 0.159 e. The van der Waals surface area contributed by atoms with E-state index < -0.39 is 7.92 Å². The summed E-state index contributed by atoms with van der Waals surface area (Å²) in [4.78, 5) is 11.4. The van der Waals surface area contributed by atoms with E-state index >= 15 is 0 Å². The first-order valence-corrected chi connectivity index (χ1v) is 9.11. The standard InChI is InChI=1S/C22H17OP/c1-18(23)20-14-12-19(13-15-20)16-17-24(21-8-4-2-5-9-21)22-10-6-3-7-11-22/h2-15H,1H3. The Bertz CT molecular complexity index is 833. The summed E-state index contributed by atoms with van der Waals surface area (Å²) in [6.07, 6.45) is 0. The molecule has 24 heavy (non-hydrogen) atoms. The lowest BCUT2D eigenvalue weighted by Gasteiger charge is -2.11. The normalized spacial score (nSPS) is 10.1. The lowest BCUT2D eigenvalue weighted by Crippen LogP contribution is -2.09. The molecule has 0 aliphatic heterocycles. The SMILES string of the molecule is CC(=O)c1ccc(C#CP(c2ccccc2)c2ccccc2)cc1. The summed E-state index contributed by atoms with van der Waals surface area (Å²) in [5, 5.41) is 2.48. The molecular formula is C22H17OP. The quantitative estimate of drug-likeness (QED) is 0.397. The maximum atomic E-state index is 11.4. The van der Waals surface area contributed by atoms with E-state index in [1.165, 1.54) is 10.6 Å². The molecule has 0 heterocycles. The monoisotopic (exact) mass is 328 g/mol. The van der Waals surface area contributed by atoms with E-state index in [2.05, 4.69) is 60.1 Å². The third-order valence-electron chi connectivity index (χ3n) is 3.63. The molecule has 3 aromatic rings. The van der Waals surface area contributed by atoms with Crippen LogP contribution in [0.1, 0.15) is 22.8 Å². The van der Waals surface area contributed by atoms with Crippen LogP contribution in [-0.2, 0) is 0 Å². The third-order valence-corrected chi connectivity index (χ3v) is 5.60. The molecule has 0 saturated carbocycles. The minimum atomic E-state index is -0.723. The number of Topliss-reactive ketones (excluding diaryl/α,β-unsaturated/α-hetero) is 1. The predicted molar refractivity (Wildman–Crippen MR) is 102 cm³/mol. The van der Waals surface area contributed by atoms with Gasteiger partial charge in [-0.3, -0.25) is 4.79 Å². The molecule has 0 unspecified atom stereocenters. The van der Waals surface area contributed by atoms with Crippen molar-refractivity contribution in [2.75, 3.05) is 0 Å². The number of hydrogen-bond acceptors (Lipinski definition) is 1. The lowest BCUT2D eigenvalue weighted by molar-refractivity contribution is 0.101. The van der Waals surface area contributed by atoms with E-state index in [1.54, 1.807) is 6.92 Å². The molecule has 0 amide bonds. The molecule has 3 aromatic carbocycles. The first-order chi connectivity index (χ1) is 11.7. The van der Waals surface area contributed by atoms with Gasteiger partial charge in [0, 0.05) is 19.0 Å². The van der Waals surface area contributed by atoms with Crippen molar-refractivity contribution in [3.05, 3.63) is 96.1 Å². The molecule has 1 nitrogen and oxygen atoms in total. The van der Waals surface area contributed by atoms with Crippen LogP contribution in [0.3, 0.4) is 0 Å². The van der Waals surface area contributed by atoms with Gasteiger partial charge in [0.2, 0.25) is 0 Å². The van der Waals surface area contributed by atoms with Crippen LogP contribution in [0, 0.1) is 11.6 Å². The second kappa shape index (κ2) is 7.73. The van der Waals surface area contributed by atoms with Crippen LogP contribution >= 0.6 is 7.92 Å². The Balaban J connectivity index is 1.95. The Hall–Kier alpha value is -2.68. The van der Waals surface area contributed by atoms with E-state index in [0.717, 1.165) is 5.56 Å². The van der Waals surface area contributed by atoms with Crippen molar-refractivity contribution in [1.82, 2.24) is 0 Å². The van der Waals surface area contributed by atoms with Gasteiger partial charge in [-0.1, -0.05) is 84.4 Å². The van der Waals surface area contributed by atoms with Crippen LogP contribution < -0.4 is 10.6 Å². The number of ketones is 1. The topological polar surface area (TPSA) is 17.1 Å². The predicted octanol–water partition coefficient (Wildman–Crippen LogP) is 4.33. The van der Waals surface area contributed by atoms with Gasteiger partial charge in [-0.15, -0.1) is 0 Å².